The fraction of sp³-hybridized carbons (Fsp3) is 0. The van der Waals surface area contributed by atoms with Gasteiger partial charge in [-0.05, 0) is 12.1 Å². The first-order valence-corrected chi connectivity index (χ1v) is 8.91. The first-order chi connectivity index (χ1) is 12.4. The lowest BCUT2D eigenvalue weighted by Crippen LogP contribution is -2.21. The summed E-state index contributed by atoms with van der Waals surface area (Å²) in [4.78, 5) is 25.2. The molecular formula is C18H8Cl4N2O2. The molecule has 2 aromatic rings. The molecule has 2 aliphatic rings. The van der Waals surface area contributed by atoms with Crippen LogP contribution in [-0.4, -0.2) is 11.8 Å². The predicted octanol–water partition coefficient (Wildman–Crippen LogP) is 4.68. The highest BCUT2D eigenvalue weighted by Gasteiger charge is 2.41. The Balaban J connectivity index is 1.97. The molecule has 2 N–H and O–H groups in total. The molecule has 0 aliphatic carbocycles. The number of halogens is 4. The molecule has 4 rings (SSSR count). The molecule has 0 aromatic heterocycles. The van der Waals surface area contributed by atoms with Gasteiger partial charge >= 0.3 is 0 Å². The molecule has 0 unspecified atom stereocenters. The van der Waals surface area contributed by atoms with E-state index in [1.165, 1.54) is 0 Å². The Labute approximate surface area is 168 Å². The Bertz CT molecular complexity index is 987. The van der Waals surface area contributed by atoms with Crippen LogP contribution in [0.15, 0.2) is 47.5 Å². The highest BCUT2D eigenvalue weighted by molar-refractivity contribution is 6.45. The topological polar surface area (TPSA) is 58.2 Å². The van der Waals surface area contributed by atoms with Gasteiger partial charge in [0.2, 0.25) is 0 Å². The van der Waals surface area contributed by atoms with E-state index >= 15 is 0 Å². The Morgan fingerprint density at radius 3 is 1.38 bits per heavy atom. The van der Waals surface area contributed by atoms with Gasteiger partial charge in [-0.15, -0.1) is 0 Å². The number of fused-ring (bicyclic) bond motifs is 1. The van der Waals surface area contributed by atoms with Crippen LogP contribution in [0, 0.1) is 0 Å². The van der Waals surface area contributed by atoms with E-state index in [1.54, 1.807) is 36.4 Å². The fourth-order valence-electron chi connectivity index (χ4n) is 2.98. The van der Waals surface area contributed by atoms with Crippen molar-refractivity contribution < 1.29 is 9.59 Å². The summed E-state index contributed by atoms with van der Waals surface area (Å²) in [5.74, 6) is -0.870. The first-order valence-electron chi connectivity index (χ1n) is 7.40. The molecular weight excluding hydrogens is 418 g/mol. The van der Waals surface area contributed by atoms with Crippen LogP contribution in [0.1, 0.15) is 11.1 Å². The molecule has 0 spiro atoms. The maximum Gasteiger partial charge on any atom is 0.258 e. The second-order valence-corrected chi connectivity index (χ2v) is 7.18. The molecule has 4 nitrogen and oxygen atoms in total. The van der Waals surface area contributed by atoms with E-state index in [9.17, 15) is 9.59 Å². The van der Waals surface area contributed by atoms with Gasteiger partial charge in [-0.3, -0.25) is 9.59 Å². The fourth-order valence-corrected chi connectivity index (χ4v) is 3.77. The molecule has 26 heavy (non-hydrogen) atoms. The second-order valence-electron chi connectivity index (χ2n) is 5.61. The molecule has 2 heterocycles. The molecule has 2 aromatic carbocycles. The molecule has 130 valence electrons. The molecule has 0 fully saturated rings. The average molecular weight is 426 g/mol. The van der Waals surface area contributed by atoms with Crippen molar-refractivity contribution in [2.75, 3.05) is 0 Å². The third kappa shape index (κ3) is 2.53. The number of carbonyl (C=O) groups excluding carboxylic acids is 2. The van der Waals surface area contributed by atoms with Gasteiger partial charge in [0.25, 0.3) is 11.8 Å². The molecule has 0 radical (unpaired) electrons. The number of nitrogens with one attached hydrogen (secondary N) is 2. The van der Waals surface area contributed by atoms with Gasteiger partial charge in [-0.1, -0.05) is 70.7 Å². The summed E-state index contributed by atoms with van der Waals surface area (Å²) in [5, 5.41) is 6.55. The SMILES string of the molecule is O=C1NC(c2cccc(Cl)c2Cl)=C2C(=O)NC(c3cccc(Cl)c3Cl)=C12. The number of benzene rings is 2. The minimum atomic E-state index is -0.435. The standard InChI is InChI=1S/C18H8Cl4N2O2/c19-9-5-1-3-7(13(9)21)15-11-12(18(26)23-15)16(24-17(11)25)8-4-2-6-10(20)14(8)22/h1-6H,(H,23,26)(H,24,25). The van der Waals surface area contributed by atoms with Gasteiger partial charge in [-0.2, -0.15) is 0 Å². The summed E-state index contributed by atoms with van der Waals surface area (Å²) in [7, 11) is 0. The largest absolute Gasteiger partial charge is 0.321 e. The number of amides is 2. The Hall–Kier alpha value is -1.98. The van der Waals surface area contributed by atoms with Crippen LogP contribution in [0.3, 0.4) is 0 Å². The van der Waals surface area contributed by atoms with Crippen molar-refractivity contribution in [1.82, 2.24) is 10.6 Å². The van der Waals surface area contributed by atoms with Crippen LogP contribution in [0.4, 0.5) is 0 Å². The third-order valence-corrected chi connectivity index (χ3v) is 5.76. The van der Waals surface area contributed by atoms with Gasteiger partial charge < -0.3 is 10.6 Å². The molecule has 0 saturated heterocycles. The molecule has 0 bridgehead atoms. The normalized spacial score (nSPS) is 16.2. The van der Waals surface area contributed by atoms with E-state index in [0.717, 1.165) is 0 Å². The van der Waals surface area contributed by atoms with Gasteiger partial charge in [0.05, 0.1) is 42.6 Å². The molecule has 8 heteroatoms. The van der Waals surface area contributed by atoms with Gasteiger partial charge in [-0.25, -0.2) is 0 Å². The van der Waals surface area contributed by atoms with Crippen molar-refractivity contribution in [2.24, 2.45) is 0 Å². The predicted molar refractivity (Wildman–Crippen MR) is 103 cm³/mol. The maximum absolute atomic E-state index is 12.6. The van der Waals surface area contributed by atoms with E-state index in [1.807, 2.05) is 0 Å². The van der Waals surface area contributed by atoms with Crippen molar-refractivity contribution >= 4 is 69.6 Å². The van der Waals surface area contributed by atoms with Crippen molar-refractivity contribution in [2.45, 2.75) is 0 Å². The van der Waals surface area contributed by atoms with Gasteiger partial charge in [0, 0.05) is 11.1 Å². The number of hydrogen-bond donors (Lipinski definition) is 2. The summed E-state index contributed by atoms with van der Waals surface area (Å²) in [6, 6.07) is 9.98. The third-order valence-electron chi connectivity index (χ3n) is 4.12. The number of carbonyl (C=O) groups is 2. The summed E-state index contributed by atoms with van der Waals surface area (Å²) in [5.41, 5.74) is 1.94. The van der Waals surface area contributed by atoms with Gasteiger partial charge in [0.15, 0.2) is 0 Å². The lowest BCUT2D eigenvalue weighted by molar-refractivity contribution is -0.117. The quantitative estimate of drug-likeness (QED) is 0.733. The maximum atomic E-state index is 12.6. The van der Waals surface area contributed by atoms with E-state index < -0.39 is 11.8 Å². The van der Waals surface area contributed by atoms with Crippen molar-refractivity contribution in [1.29, 1.82) is 0 Å². The summed E-state index contributed by atoms with van der Waals surface area (Å²) < 4.78 is 0. The van der Waals surface area contributed by atoms with Crippen molar-refractivity contribution in [3.05, 3.63) is 78.8 Å². The Morgan fingerprint density at radius 2 is 1.00 bits per heavy atom. The van der Waals surface area contributed by atoms with Crippen molar-refractivity contribution in [3.8, 4) is 0 Å². The zero-order chi connectivity index (χ0) is 18.6. The molecule has 2 amide bonds. The summed E-state index contributed by atoms with van der Waals surface area (Å²) >= 11 is 24.6. The molecule has 2 aliphatic heterocycles. The van der Waals surface area contributed by atoms with Crippen LogP contribution in [0.2, 0.25) is 20.1 Å². The van der Waals surface area contributed by atoms with Crippen LogP contribution < -0.4 is 10.6 Å². The zero-order valence-corrected chi connectivity index (χ0v) is 15.8. The lowest BCUT2D eigenvalue weighted by atomic mass is 10.0. The summed E-state index contributed by atoms with van der Waals surface area (Å²) in [6.45, 7) is 0. The first kappa shape index (κ1) is 17.4. The van der Waals surface area contributed by atoms with E-state index in [2.05, 4.69) is 10.6 Å². The number of rotatable bonds is 2. The van der Waals surface area contributed by atoms with E-state index in [-0.39, 0.29) is 21.2 Å². The van der Waals surface area contributed by atoms with Gasteiger partial charge in [0.1, 0.15) is 0 Å². The Morgan fingerprint density at radius 1 is 0.615 bits per heavy atom. The van der Waals surface area contributed by atoms with Crippen LogP contribution in [0.5, 0.6) is 0 Å². The second kappa shape index (κ2) is 6.32. The minimum absolute atomic E-state index is 0.199. The summed E-state index contributed by atoms with van der Waals surface area (Å²) in [6.07, 6.45) is 0. The zero-order valence-electron chi connectivity index (χ0n) is 12.8. The molecule has 0 atom stereocenters. The highest BCUT2D eigenvalue weighted by atomic mass is 35.5. The lowest BCUT2D eigenvalue weighted by Gasteiger charge is -2.10. The molecule has 0 saturated carbocycles. The average Bonchev–Trinajstić information content (AvgIpc) is 3.12. The minimum Gasteiger partial charge on any atom is -0.321 e. The number of hydrogen-bond acceptors (Lipinski definition) is 2. The smallest absolute Gasteiger partial charge is 0.258 e. The monoisotopic (exact) mass is 424 g/mol. The van der Waals surface area contributed by atoms with Crippen LogP contribution in [-0.2, 0) is 9.59 Å². The van der Waals surface area contributed by atoms with Crippen LogP contribution in [0.25, 0.3) is 11.4 Å². The van der Waals surface area contributed by atoms with Crippen molar-refractivity contribution in [3.63, 3.8) is 0 Å². The Kier molecular flexibility index (Phi) is 4.24. The van der Waals surface area contributed by atoms with E-state index in [4.69, 9.17) is 46.4 Å². The highest BCUT2D eigenvalue weighted by Crippen LogP contribution is 2.42. The van der Waals surface area contributed by atoms with Crippen LogP contribution >= 0.6 is 46.4 Å². The van der Waals surface area contributed by atoms with E-state index in [0.29, 0.717) is 32.6 Å².